The molecule has 0 radical (unpaired) electrons. The molecule has 80 heavy (non-hydrogen) atoms. The van der Waals surface area contributed by atoms with Crippen molar-refractivity contribution in [2.75, 3.05) is 40.9 Å². The molecule has 0 aliphatic heterocycles. The predicted octanol–water partition coefficient (Wildman–Crippen LogP) is 19.9. The number of likely N-dealkylation sites (N-methyl/N-ethyl adjacent to an activating group) is 1. The summed E-state index contributed by atoms with van der Waals surface area (Å²) in [5.74, 6) is -0.576. The highest BCUT2D eigenvalue weighted by molar-refractivity contribution is 7.45. The van der Waals surface area contributed by atoms with Crippen LogP contribution < -0.4 is 10.2 Å². The number of allylic oxidation sites excluding steroid dienone is 17. The number of hydrogen-bond acceptors (Lipinski definition) is 7. The van der Waals surface area contributed by atoms with Crippen LogP contribution in [-0.4, -0.2) is 69.4 Å². The number of ether oxygens (including phenoxy) is 1. The van der Waals surface area contributed by atoms with Crippen molar-refractivity contribution in [3.8, 4) is 0 Å². The van der Waals surface area contributed by atoms with Gasteiger partial charge in [-0.3, -0.25) is 14.2 Å². The van der Waals surface area contributed by atoms with Gasteiger partial charge in [0.05, 0.1) is 33.8 Å². The average molecular weight is 1140 g/mol. The number of nitrogens with one attached hydrogen (secondary N) is 1. The molecule has 0 saturated carbocycles. The number of phosphoric ester groups is 1. The SMILES string of the molecule is CC/C=C\C/C=C\C/C=C\C/C=C\C/C=C\CCCCCCCCCCCC(=O)OC(/C=C\CCCCCCCCCCCC)C(COP(=O)([O-])OCC[N+](C)(C)C)NC(=O)CCCCCC/C=C\C/C=C\C/C=C\CCCCC. The molecule has 1 amide bonds. The number of carbonyl (C=O) groups is 2. The standard InChI is InChI=1S/C70H123N2O7P/c1-7-10-13-16-19-22-25-28-30-32-33-34-35-36-37-38-39-41-43-45-48-51-54-57-60-63-70(74)79-68(61-58-55-52-49-46-27-24-21-18-15-12-9-3)67(66-78-80(75,76)77-65-64-72(4,5)6)71-69(73)62-59-56-53-50-47-44-42-40-31-29-26-23-20-17-14-11-8-2/h10,13,19-20,22-23,28-31,33-34,36-37,42,44,58,61,67-68H,7-9,11-12,14-18,21,24-27,32,35,38-41,43,45-57,59-60,62-66H2,1-6H3,(H-,71,73,75,76)/b13-10-,22-19-,23-20-,30-28-,31-29-,34-33-,37-36-,44-42-,61-58-. The Morgan fingerprint density at radius 2 is 0.800 bits per heavy atom. The van der Waals surface area contributed by atoms with Crippen LogP contribution in [0.15, 0.2) is 109 Å². The third-order valence-corrected chi connectivity index (χ3v) is 14.9. The lowest BCUT2D eigenvalue weighted by Gasteiger charge is -2.30. The van der Waals surface area contributed by atoms with Crippen LogP contribution in [0.2, 0.25) is 0 Å². The number of rotatable bonds is 58. The summed E-state index contributed by atoms with van der Waals surface area (Å²) in [4.78, 5) is 40.1. The van der Waals surface area contributed by atoms with Gasteiger partial charge in [-0.15, -0.1) is 0 Å². The van der Waals surface area contributed by atoms with E-state index in [-0.39, 0.29) is 31.3 Å². The molecule has 0 saturated heterocycles. The molecular weight excluding hydrogens is 1010 g/mol. The maximum atomic E-state index is 13.5. The van der Waals surface area contributed by atoms with Crippen molar-refractivity contribution >= 4 is 19.7 Å². The molecule has 460 valence electrons. The molecule has 0 aromatic heterocycles. The van der Waals surface area contributed by atoms with Gasteiger partial charge in [0.25, 0.3) is 7.82 Å². The number of unbranched alkanes of at least 4 members (excludes halogenated alkanes) is 26. The van der Waals surface area contributed by atoms with Crippen LogP contribution in [0.3, 0.4) is 0 Å². The fraction of sp³-hybridized carbons (Fsp3) is 0.714. The first-order valence-corrected chi connectivity index (χ1v) is 34.2. The van der Waals surface area contributed by atoms with E-state index in [1.807, 2.05) is 33.3 Å². The third kappa shape index (κ3) is 59.3. The Bertz CT molecular complexity index is 1740. The first kappa shape index (κ1) is 76.7. The van der Waals surface area contributed by atoms with Gasteiger partial charge < -0.3 is 28.5 Å². The average Bonchev–Trinajstić information content (AvgIpc) is 3.42. The van der Waals surface area contributed by atoms with Crippen LogP contribution in [0.4, 0.5) is 0 Å². The summed E-state index contributed by atoms with van der Waals surface area (Å²) in [6.45, 7) is 6.68. The summed E-state index contributed by atoms with van der Waals surface area (Å²) >= 11 is 0. The van der Waals surface area contributed by atoms with Gasteiger partial charge in [-0.25, -0.2) is 0 Å². The molecule has 3 atom stereocenters. The van der Waals surface area contributed by atoms with Crippen molar-refractivity contribution in [1.82, 2.24) is 5.32 Å². The second-order valence-electron chi connectivity index (χ2n) is 22.9. The van der Waals surface area contributed by atoms with Gasteiger partial charge in [0.2, 0.25) is 5.91 Å². The van der Waals surface area contributed by atoms with Gasteiger partial charge >= 0.3 is 5.97 Å². The Morgan fingerprint density at radius 3 is 1.23 bits per heavy atom. The number of amides is 1. The van der Waals surface area contributed by atoms with Gasteiger partial charge in [-0.1, -0.05) is 252 Å². The monoisotopic (exact) mass is 1130 g/mol. The van der Waals surface area contributed by atoms with Gasteiger partial charge in [0.1, 0.15) is 19.3 Å². The number of phosphoric acid groups is 1. The Balaban J connectivity index is 5.20. The highest BCUT2D eigenvalue weighted by Crippen LogP contribution is 2.38. The van der Waals surface area contributed by atoms with Crippen LogP contribution in [0.5, 0.6) is 0 Å². The van der Waals surface area contributed by atoms with Crippen LogP contribution in [0.1, 0.15) is 271 Å². The van der Waals surface area contributed by atoms with Gasteiger partial charge in [-0.05, 0) is 115 Å². The molecule has 10 heteroatoms. The fourth-order valence-electron chi connectivity index (χ4n) is 8.91. The van der Waals surface area contributed by atoms with Gasteiger partial charge in [-0.2, -0.15) is 0 Å². The van der Waals surface area contributed by atoms with Crippen molar-refractivity contribution in [1.29, 1.82) is 0 Å². The molecule has 0 spiro atoms. The van der Waals surface area contributed by atoms with E-state index < -0.39 is 26.6 Å². The van der Waals surface area contributed by atoms with Crippen molar-refractivity contribution < 1.29 is 37.3 Å². The molecule has 0 rings (SSSR count). The van der Waals surface area contributed by atoms with E-state index in [1.165, 1.54) is 109 Å². The summed E-state index contributed by atoms with van der Waals surface area (Å²) in [5.41, 5.74) is 0. The lowest BCUT2D eigenvalue weighted by atomic mass is 10.0. The molecule has 1 N–H and O–H groups in total. The highest BCUT2D eigenvalue weighted by atomic mass is 31.2. The van der Waals surface area contributed by atoms with Crippen LogP contribution in [0, 0.1) is 0 Å². The van der Waals surface area contributed by atoms with E-state index in [4.69, 9.17) is 13.8 Å². The number of hydrogen-bond donors (Lipinski definition) is 1. The Hall–Kier alpha value is -3.33. The zero-order valence-electron chi connectivity index (χ0n) is 52.5. The molecule has 0 bridgehead atoms. The van der Waals surface area contributed by atoms with Crippen LogP contribution in [-0.2, 0) is 27.9 Å². The molecule has 0 aliphatic carbocycles. The Kier molecular flexibility index (Phi) is 56.4. The number of esters is 1. The predicted molar refractivity (Wildman–Crippen MR) is 344 cm³/mol. The maximum absolute atomic E-state index is 13.5. The first-order chi connectivity index (χ1) is 38.9. The number of carbonyl (C=O) groups excluding carboxylic acids is 2. The number of quaternary nitrogens is 1. The molecule has 3 unspecified atom stereocenters. The maximum Gasteiger partial charge on any atom is 0.306 e. The largest absolute Gasteiger partial charge is 0.756 e. The lowest BCUT2D eigenvalue weighted by molar-refractivity contribution is -0.870. The van der Waals surface area contributed by atoms with Crippen LogP contribution in [0.25, 0.3) is 0 Å². The lowest BCUT2D eigenvalue weighted by Crippen LogP contribution is -2.47. The second kappa shape index (κ2) is 58.9. The molecule has 0 fully saturated rings. The fourth-order valence-corrected chi connectivity index (χ4v) is 9.63. The van der Waals surface area contributed by atoms with Crippen molar-refractivity contribution in [2.24, 2.45) is 0 Å². The summed E-state index contributed by atoms with van der Waals surface area (Å²) in [6.07, 6.45) is 80.5. The zero-order chi connectivity index (χ0) is 58.6. The second-order valence-corrected chi connectivity index (χ2v) is 24.3. The van der Waals surface area contributed by atoms with E-state index >= 15 is 0 Å². The summed E-state index contributed by atoms with van der Waals surface area (Å²) in [5, 5.41) is 3.02. The van der Waals surface area contributed by atoms with E-state index in [2.05, 4.69) is 123 Å². The number of nitrogens with zero attached hydrogens (tertiary/aromatic N) is 1. The molecule has 9 nitrogen and oxygen atoms in total. The van der Waals surface area contributed by atoms with Crippen molar-refractivity contribution in [3.05, 3.63) is 109 Å². The smallest absolute Gasteiger partial charge is 0.306 e. The molecular formula is C70H123N2O7P. The Labute approximate surface area is 493 Å². The first-order valence-electron chi connectivity index (χ1n) is 32.7. The normalized spacial score (nSPS) is 14.3. The quantitative estimate of drug-likeness (QED) is 0.0212. The van der Waals surface area contributed by atoms with E-state index in [1.54, 1.807) is 0 Å². The Morgan fingerprint density at radius 1 is 0.450 bits per heavy atom. The molecule has 0 aliphatic rings. The van der Waals surface area contributed by atoms with Crippen molar-refractivity contribution in [2.45, 2.75) is 283 Å². The third-order valence-electron chi connectivity index (χ3n) is 13.9. The van der Waals surface area contributed by atoms with Gasteiger partial charge in [0.15, 0.2) is 0 Å². The van der Waals surface area contributed by atoms with Crippen LogP contribution >= 0.6 is 7.82 Å². The highest BCUT2D eigenvalue weighted by Gasteiger charge is 2.27. The summed E-state index contributed by atoms with van der Waals surface area (Å²) in [6, 6.07) is -0.909. The van der Waals surface area contributed by atoms with E-state index in [0.717, 1.165) is 116 Å². The minimum Gasteiger partial charge on any atom is -0.756 e. The topological polar surface area (TPSA) is 114 Å². The van der Waals surface area contributed by atoms with Gasteiger partial charge in [0, 0.05) is 12.8 Å². The summed E-state index contributed by atoms with van der Waals surface area (Å²) < 4.78 is 30.3. The van der Waals surface area contributed by atoms with Crippen molar-refractivity contribution in [3.63, 3.8) is 0 Å². The minimum absolute atomic E-state index is 0.0329. The minimum atomic E-state index is -4.71. The zero-order valence-corrected chi connectivity index (χ0v) is 53.4. The molecule has 0 aromatic carbocycles. The summed E-state index contributed by atoms with van der Waals surface area (Å²) in [7, 11) is 1.15. The van der Waals surface area contributed by atoms with E-state index in [0.29, 0.717) is 23.9 Å². The van der Waals surface area contributed by atoms with E-state index in [9.17, 15) is 19.0 Å². The molecule has 0 heterocycles. The molecule has 0 aromatic rings.